The van der Waals surface area contributed by atoms with Gasteiger partial charge in [-0.25, -0.2) is 0 Å². The second-order valence-electron chi connectivity index (χ2n) is 6.02. The highest BCUT2D eigenvalue weighted by Gasteiger charge is 2.15. The first-order valence-electron chi connectivity index (χ1n) is 8.70. The molecule has 9 heteroatoms. The molecule has 3 N–H and O–H groups in total. The van der Waals surface area contributed by atoms with Gasteiger partial charge in [0, 0.05) is 11.8 Å². The Balaban J connectivity index is 1.79. The molecular formula is C19H20N6O3. The smallest absolute Gasteiger partial charge is 0.276 e. The van der Waals surface area contributed by atoms with Gasteiger partial charge in [-0.05, 0) is 31.0 Å². The van der Waals surface area contributed by atoms with Crippen molar-refractivity contribution in [3.8, 4) is 5.75 Å². The number of anilines is 3. The minimum atomic E-state index is -0.448. The number of nitrogen functional groups attached to an aromatic ring is 1. The zero-order valence-electron chi connectivity index (χ0n) is 15.5. The van der Waals surface area contributed by atoms with Gasteiger partial charge in [0.05, 0.1) is 10.5 Å². The Hall–Kier alpha value is -3.75. The van der Waals surface area contributed by atoms with Crippen LogP contribution >= 0.6 is 0 Å². The summed E-state index contributed by atoms with van der Waals surface area (Å²) in [6.45, 7) is 3.69. The molecule has 0 spiro atoms. The Morgan fingerprint density at radius 2 is 1.93 bits per heavy atom. The number of nitro groups is 1. The standard InChI is InChI=1S/C19H20N6O3/c1-3-13-7-4-5-8-14(13)21-19-23-17(22-18(20)24-19)11-28-16-10-6-9-15(12(16)2)25(26)27/h4-10H,3,11H2,1-2H3,(H3,20,21,22,23,24). The fraction of sp³-hybridized carbons (Fsp3) is 0.211. The van der Waals surface area contributed by atoms with Crippen LogP contribution in [0.5, 0.6) is 5.75 Å². The first kappa shape index (κ1) is 19.0. The van der Waals surface area contributed by atoms with E-state index in [1.54, 1.807) is 19.1 Å². The second kappa shape index (κ2) is 8.30. The molecule has 0 unspecified atom stereocenters. The predicted octanol–water partition coefficient (Wildman–Crippen LogP) is 3.56. The van der Waals surface area contributed by atoms with Gasteiger partial charge in [0.25, 0.3) is 5.69 Å². The summed E-state index contributed by atoms with van der Waals surface area (Å²) in [7, 11) is 0. The summed E-state index contributed by atoms with van der Waals surface area (Å²) in [5, 5.41) is 14.2. The number of hydrogen-bond donors (Lipinski definition) is 2. The molecule has 2 aromatic carbocycles. The Morgan fingerprint density at radius 3 is 2.68 bits per heavy atom. The molecule has 0 amide bonds. The number of aromatic nitrogens is 3. The molecule has 0 fully saturated rings. The van der Waals surface area contributed by atoms with Crippen molar-refractivity contribution in [2.24, 2.45) is 0 Å². The maximum absolute atomic E-state index is 11.1. The summed E-state index contributed by atoms with van der Waals surface area (Å²) in [5.74, 6) is 1.07. The minimum Gasteiger partial charge on any atom is -0.485 e. The monoisotopic (exact) mass is 380 g/mol. The maximum atomic E-state index is 11.1. The molecule has 0 bridgehead atoms. The molecule has 3 rings (SSSR count). The quantitative estimate of drug-likeness (QED) is 0.470. The molecule has 0 aliphatic heterocycles. The Morgan fingerprint density at radius 1 is 1.14 bits per heavy atom. The van der Waals surface area contributed by atoms with Crippen molar-refractivity contribution in [3.63, 3.8) is 0 Å². The van der Waals surface area contributed by atoms with Crippen molar-refractivity contribution in [2.45, 2.75) is 26.9 Å². The SMILES string of the molecule is CCc1ccccc1Nc1nc(N)nc(COc2cccc([N+](=O)[O-])c2C)n1. The normalized spacial score (nSPS) is 10.5. The minimum absolute atomic E-state index is 0.00116. The number of benzene rings is 2. The zero-order chi connectivity index (χ0) is 20.1. The van der Waals surface area contributed by atoms with Gasteiger partial charge in [-0.2, -0.15) is 15.0 Å². The molecule has 28 heavy (non-hydrogen) atoms. The van der Waals surface area contributed by atoms with E-state index < -0.39 is 4.92 Å². The van der Waals surface area contributed by atoms with Gasteiger partial charge in [-0.15, -0.1) is 0 Å². The van der Waals surface area contributed by atoms with E-state index in [2.05, 4.69) is 27.2 Å². The van der Waals surface area contributed by atoms with E-state index in [9.17, 15) is 10.1 Å². The van der Waals surface area contributed by atoms with E-state index in [1.807, 2.05) is 24.3 Å². The van der Waals surface area contributed by atoms with Crippen LogP contribution in [0.2, 0.25) is 0 Å². The third kappa shape index (κ3) is 4.32. The van der Waals surface area contributed by atoms with Crippen LogP contribution in [0.3, 0.4) is 0 Å². The van der Waals surface area contributed by atoms with E-state index in [1.165, 1.54) is 6.07 Å². The number of aryl methyl sites for hydroxylation is 1. The van der Waals surface area contributed by atoms with Crippen molar-refractivity contribution < 1.29 is 9.66 Å². The summed E-state index contributed by atoms with van der Waals surface area (Å²) in [4.78, 5) is 23.1. The summed E-state index contributed by atoms with van der Waals surface area (Å²) >= 11 is 0. The Bertz CT molecular complexity index is 1010. The molecule has 1 aromatic heterocycles. The highest BCUT2D eigenvalue weighted by atomic mass is 16.6. The van der Waals surface area contributed by atoms with E-state index >= 15 is 0 Å². The van der Waals surface area contributed by atoms with Crippen molar-refractivity contribution in [1.29, 1.82) is 0 Å². The lowest BCUT2D eigenvalue weighted by atomic mass is 10.1. The topological polar surface area (TPSA) is 129 Å². The fourth-order valence-electron chi connectivity index (χ4n) is 2.73. The molecule has 0 aliphatic carbocycles. The van der Waals surface area contributed by atoms with Crippen LogP contribution in [-0.4, -0.2) is 19.9 Å². The van der Waals surface area contributed by atoms with E-state index in [-0.39, 0.29) is 18.2 Å². The van der Waals surface area contributed by atoms with Gasteiger partial charge in [0.15, 0.2) is 5.82 Å². The van der Waals surface area contributed by atoms with Crippen molar-refractivity contribution in [1.82, 2.24) is 15.0 Å². The highest BCUT2D eigenvalue weighted by molar-refractivity contribution is 5.58. The van der Waals surface area contributed by atoms with Crippen LogP contribution in [0.15, 0.2) is 42.5 Å². The highest BCUT2D eigenvalue weighted by Crippen LogP contribution is 2.27. The van der Waals surface area contributed by atoms with Crippen molar-refractivity contribution in [3.05, 3.63) is 69.5 Å². The average molecular weight is 380 g/mol. The number of nitrogens with two attached hydrogens (primary N) is 1. The lowest BCUT2D eigenvalue weighted by molar-refractivity contribution is -0.385. The molecule has 0 aliphatic rings. The van der Waals surface area contributed by atoms with Gasteiger partial charge in [-0.3, -0.25) is 10.1 Å². The van der Waals surface area contributed by atoms with Gasteiger partial charge >= 0.3 is 0 Å². The first-order chi connectivity index (χ1) is 13.5. The number of nitrogens with one attached hydrogen (secondary N) is 1. The van der Waals surface area contributed by atoms with Gasteiger partial charge in [0.1, 0.15) is 12.4 Å². The van der Waals surface area contributed by atoms with Crippen molar-refractivity contribution >= 4 is 23.3 Å². The van der Waals surface area contributed by atoms with Gasteiger partial charge in [0.2, 0.25) is 11.9 Å². The van der Waals surface area contributed by atoms with Crippen LogP contribution in [0.1, 0.15) is 23.9 Å². The molecule has 144 valence electrons. The maximum Gasteiger partial charge on any atom is 0.276 e. The molecule has 0 saturated heterocycles. The summed E-state index contributed by atoms with van der Waals surface area (Å²) in [5.41, 5.74) is 8.23. The number of rotatable bonds is 7. The van der Waals surface area contributed by atoms with Crippen molar-refractivity contribution in [2.75, 3.05) is 11.1 Å². The molecule has 9 nitrogen and oxygen atoms in total. The lowest BCUT2D eigenvalue weighted by Crippen LogP contribution is -2.10. The molecular weight excluding hydrogens is 360 g/mol. The van der Waals surface area contributed by atoms with E-state index in [0.29, 0.717) is 23.1 Å². The molecule has 0 radical (unpaired) electrons. The van der Waals surface area contributed by atoms with Crippen LogP contribution < -0.4 is 15.8 Å². The number of nitrogens with zero attached hydrogens (tertiary/aromatic N) is 4. The third-order valence-electron chi connectivity index (χ3n) is 4.15. The fourth-order valence-corrected chi connectivity index (χ4v) is 2.73. The van der Waals surface area contributed by atoms with E-state index in [0.717, 1.165) is 17.7 Å². The Labute approximate surface area is 161 Å². The van der Waals surface area contributed by atoms with E-state index in [4.69, 9.17) is 10.5 Å². The predicted molar refractivity (Wildman–Crippen MR) is 106 cm³/mol. The zero-order valence-corrected chi connectivity index (χ0v) is 15.5. The first-order valence-corrected chi connectivity index (χ1v) is 8.70. The number of para-hydroxylation sites is 1. The number of ether oxygens (including phenoxy) is 1. The van der Waals surface area contributed by atoms with Crippen LogP contribution in [0.4, 0.5) is 23.3 Å². The van der Waals surface area contributed by atoms with Crippen LogP contribution in [-0.2, 0) is 13.0 Å². The molecule has 0 atom stereocenters. The molecule has 0 saturated carbocycles. The van der Waals surface area contributed by atoms with Crippen LogP contribution in [0, 0.1) is 17.0 Å². The summed E-state index contributed by atoms with van der Waals surface area (Å²) in [6.07, 6.45) is 0.853. The molecule has 1 heterocycles. The number of hydrogen-bond acceptors (Lipinski definition) is 8. The second-order valence-corrected chi connectivity index (χ2v) is 6.02. The summed E-state index contributed by atoms with van der Waals surface area (Å²) < 4.78 is 5.68. The Kier molecular flexibility index (Phi) is 5.64. The number of nitro benzene ring substituents is 1. The largest absolute Gasteiger partial charge is 0.485 e. The van der Waals surface area contributed by atoms with Gasteiger partial charge in [-0.1, -0.05) is 31.2 Å². The van der Waals surface area contributed by atoms with Crippen LogP contribution in [0.25, 0.3) is 0 Å². The summed E-state index contributed by atoms with van der Waals surface area (Å²) in [6, 6.07) is 12.5. The average Bonchev–Trinajstić information content (AvgIpc) is 2.67. The lowest BCUT2D eigenvalue weighted by Gasteiger charge is -2.12. The molecule has 3 aromatic rings. The van der Waals surface area contributed by atoms with Gasteiger partial charge < -0.3 is 15.8 Å². The third-order valence-corrected chi connectivity index (χ3v) is 4.15.